The Bertz CT molecular complexity index is 222. The lowest BCUT2D eigenvalue weighted by molar-refractivity contribution is -0.110. The Kier molecular flexibility index (Phi) is 6.22. The van der Waals surface area contributed by atoms with E-state index in [1.807, 2.05) is 6.92 Å². The van der Waals surface area contributed by atoms with E-state index in [1.54, 1.807) is 0 Å². The van der Waals surface area contributed by atoms with E-state index < -0.39 is 0 Å². The van der Waals surface area contributed by atoms with Crippen molar-refractivity contribution in [2.75, 3.05) is 0 Å². The van der Waals surface area contributed by atoms with Crippen LogP contribution in [-0.4, -0.2) is 6.29 Å². The molecule has 0 saturated heterocycles. The topological polar surface area (TPSA) is 17.1 Å². The lowest BCUT2D eigenvalue weighted by Crippen LogP contribution is -2.27. The molecule has 0 aromatic carbocycles. The maximum absolute atomic E-state index is 10.6. The summed E-state index contributed by atoms with van der Waals surface area (Å²) in [5.41, 5.74) is 0. The molecule has 4 unspecified atom stereocenters. The average Bonchev–Trinajstić information content (AvgIpc) is 2.28. The first-order valence-corrected chi connectivity index (χ1v) is 7.49. The second-order valence-electron chi connectivity index (χ2n) is 6.63. The van der Waals surface area contributed by atoms with Crippen molar-refractivity contribution in [3.63, 3.8) is 0 Å². The quantitative estimate of drug-likeness (QED) is 0.613. The van der Waals surface area contributed by atoms with E-state index >= 15 is 0 Å². The fraction of sp³-hybridized carbons (Fsp3) is 0.938. The third kappa shape index (κ3) is 4.81. The van der Waals surface area contributed by atoms with Crippen molar-refractivity contribution in [2.45, 2.75) is 66.2 Å². The molecule has 17 heavy (non-hydrogen) atoms. The predicted molar refractivity (Wildman–Crippen MR) is 73.9 cm³/mol. The number of aldehydes is 1. The minimum absolute atomic E-state index is 0.258. The zero-order chi connectivity index (χ0) is 12.8. The Morgan fingerprint density at radius 2 is 1.94 bits per heavy atom. The smallest absolute Gasteiger partial charge is 0.122 e. The number of hydrogen-bond acceptors (Lipinski definition) is 1. The van der Waals surface area contributed by atoms with Crippen LogP contribution in [0.3, 0.4) is 0 Å². The van der Waals surface area contributed by atoms with Crippen LogP contribution in [0.5, 0.6) is 0 Å². The summed E-state index contributed by atoms with van der Waals surface area (Å²) >= 11 is 0. The molecule has 0 heterocycles. The highest BCUT2D eigenvalue weighted by Crippen LogP contribution is 2.40. The summed E-state index contributed by atoms with van der Waals surface area (Å²) in [7, 11) is 0. The van der Waals surface area contributed by atoms with Crippen LogP contribution in [0.15, 0.2) is 0 Å². The van der Waals surface area contributed by atoms with Gasteiger partial charge in [0.05, 0.1) is 0 Å². The van der Waals surface area contributed by atoms with Gasteiger partial charge in [-0.3, -0.25) is 0 Å². The molecule has 100 valence electrons. The van der Waals surface area contributed by atoms with Crippen molar-refractivity contribution in [3.05, 3.63) is 0 Å². The summed E-state index contributed by atoms with van der Waals surface area (Å²) < 4.78 is 0. The van der Waals surface area contributed by atoms with Crippen molar-refractivity contribution >= 4 is 6.29 Å². The normalized spacial score (nSPS) is 31.5. The Morgan fingerprint density at radius 3 is 2.53 bits per heavy atom. The van der Waals surface area contributed by atoms with Gasteiger partial charge < -0.3 is 4.79 Å². The fourth-order valence-electron chi connectivity index (χ4n) is 3.50. The molecule has 1 aliphatic carbocycles. The van der Waals surface area contributed by atoms with E-state index in [2.05, 4.69) is 20.8 Å². The molecular weight excluding hydrogens is 208 g/mol. The number of rotatable bonds is 6. The van der Waals surface area contributed by atoms with Crippen LogP contribution in [0.25, 0.3) is 0 Å². The second kappa shape index (κ2) is 7.18. The van der Waals surface area contributed by atoms with Gasteiger partial charge in [0.1, 0.15) is 6.29 Å². The number of carbonyl (C=O) groups is 1. The van der Waals surface area contributed by atoms with Gasteiger partial charge in [-0.15, -0.1) is 0 Å². The summed E-state index contributed by atoms with van der Waals surface area (Å²) in [6.45, 7) is 9.19. The van der Waals surface area contributed by atoms with E-state index in [9.17, 15) is 4.79 Å². The van der Waals surface area contributed by atoms with E-state index in [0.717, 1.165) is 36.4 Å². The SMILES string of the molecule is CC(C=O)CCCC1CC(C)CCC1C(C)C. The predicted octanol–water partition coefficient (Wildman–Crippen LogP) is 4.70. The van der Waals surface area contributed by atoms with E-state index in [0.29, 0.717) is 0 Å². The van der Waals surface area contributed by atoms with E-state index in [-0.39, 0.29) is 5.92 Å². The average molecular weight is 238 g/mol. The fourth-order valence-corrected chi connectivity index (χ4v) is 3.50. The molecule has 1 saturated carbocycles. The zero-order valence-electron chi connectivity index (χ0n) is 12.1. The van der Waals surface area contributed by atoms with Crippen LogP contribution >= 0.6 is 0 Å². The highest BCUT2D eigenvalue weighted by atomic mass is 16.1. The largest absolute Gasteiger partial charge is 0.303 e. The van der Waals surface area contributed by atoms with Crippen LogP contribution in [0.4, 0.5) is 0 Å². The minimum atomic E-state index is 0.258. The molecule has 0 aliphatic heterocycles. The molecule has 1 nitrogen and oxygen atoms in total. The van der Waals surface area contributed by atoms with Crippen LogP contribution in [0.2, 0.25) is 0 Å². The van der Waals surface area contributed by atoms with Crippen molar-refractivity contribution in [1.82, 2.24) is 0 Å². The number of hydrogen-bond donors (Lipinski definition) is 0. The van der Waals surface area contributed by atoms with Crippen molar-refractivity contribution in [1.29, 1.82) is 0 Å². The molecule has 0 aromatic heterocycles. The highest BCUT2D eigenvalue weighted by Gasteiger charge is 2.30. The van der Waals surface area contributed by atoms with Crippen molar-refractivity contribution in [2.24, 2.45) is 29.6 Å². The molecule has 1 heteroatoms. The van der Waals surface area contributed by atoms with Crippen LogP contribution in [-0.2, 0) is 4.79 Å². The Labute approximate surface area is 107 Å². The second-order valence-corrected chi connectivity index (χ2v) is 6.63. The Hall–Kier alpha value is -0.330. The van der Waals surface area contributed by atoms with Crippen LogP contribution < -0.4 is 0 Å². The third-order valence-corrected chi connectivity index (χ3v) is 4.63. The van der Waals surface area contributed by atoms with Gasteiger partial charge >= 0.3 is 0 Å². The van der Waals surface area contributed by atoms with Gasteiger partial charge in [-0.25, -0.2) is 0 Å². The molecule has 1 aliphatic rings. The van der Waals surface area contributed by atoms with Crippen molar-refractivity contribution in [3.8, 4) is 0 Å². The van der Waals surface area contributed by atoms with E-state index in [4.69, 9.17) is 0 Å². The first-order valence-electron chi connectivity index (χ1n) is 7.49. The van der Waals surface area contributed by atoms with Gasteiger partial charge in [-0.2, -0.15) is 0 Å². The van der Waals surface area contributed by atoms with Crippen molar-refractivity contribution < 1.29 is 4.79 Å². The number of carbonyl (C=O) groups excluding carboxylic acids is 1. The van der Waals surface area contributed by atoms with Gasteiger partial charge in [0.25, 0.3) is 0 Å². The Balaban J connectivity index is 2.38. The highest BCUT2D eigenvalue weighted by molar-refractivity contribution is 5.52. The summed E-state index contributed by atoms with van der Waals surface area (Å²) in [5, 5.41) is 0. The van der Waals surface area contributed by atoms with Gasteiger partial charge in [0.2, 0.25) is 0 Å². The molecule has 0 radical (unpaired) electrons. The molecule has 0 bridgehead atoms. The first-order chi connectivity index (χ1) is 8.04. The maximum Gasteiger partial charge on any atom is 0.122 e. The van der Waals surface area contributed by atoms with E-state index in [1.165, 1.54) is 32.1 Å². The van der Waals surface area contributed by atoms with Gasteiger partial charge in [-0.1, -0.05) is 47.0 Å². The standard InChI is InChI=1S/C16H30O/c1-12(2)16-9-8-13(3)10-15(16)7-5-6-14(4)11-17/h11-16H,5-10H2,1-4H3. The minimum Gasteiger partial charge on any atom is -0.303 e. The molecule has 0 aromatic rings. The molecule has 0 amide bonds. The molecule has 1 fully saturated rings. The van der Waals surface area contributed by atoms with Crippen LogP contribution in [0, 0.1) is 29.6 Å². The molecular formula is C16H30O. The lowest BCUT2D eigenvalue weighted by atomic mass is 9.68. The first kappa shape index (κ1) is 14.7. The summed E-state index contributed by atoms with van der Waals surface area (Å²) in [5.74, 6) is 3.85. The Morgan fingerprint density at radius 1 is 1.24 bits per heavy atom. The monoisotopic (exact) mass is 238 g/mol. The molecule has 0 spiro atoms. The van der Waals surface area contributed by atoms with Gasteiger partial charge in [0, 0.05) is 5.92 Å². The lowest BCUT2D eigenvalue weighted by Gasteiger charge is -2.37. The molecule has 4 atom stereocenters. The maximum atomic E-state index is 10.6. The molecule has 1 rings (SSSR count). The van der Waals surface area contributed by atoms with Gasteiger partial charge in [-0.05, 0) is 42.9 Å². The summed E-state index contributed by atoms with van der Waals surface area (Å²) in [6.07, 6.45) is 9.02. The third-order valence-electron chi connectivity index (χ3n) is 4.63. The van der Waals surface area contributed by atoms with Crippen LogP contribution in [0.1, 0.15) is 66.2 Å². The summed E-state index contributed by atoms with van der Waals surface area (Å²) in [6, 6.07) is 0. The zero-order valence-corrected chi connectivity index (χ0v) is 12.1. The van der Waals surface area contributed by atoms with Gasteiger partial charge in [0.15, 0.2) is 0 Å². The molecule has 0 N–H and O–H groups in total. The summed E-state index contributed by atoms with van der Waals surface area (Å²) in [4.78, 5) is 10.6.